The third kappa shape index (κ3) is 8.13. The maximum atomic E-state index is 5.13. The molecule has 31 heavy (non-hydrogen) atoms. The third-order valence-corrected chi connectivity index (χ3v) is 14.2. The zero-order chi connectivity index (χ0) is 23.8. The van der Waals surface area contributed by atoms with Gasteiger partial charge in [0.15, 0.2) is 0 Å². The number of para-hydroxylation sites is 1. The van der Waals surface area contributed by atoms with Gasteiger partial charge >= 0.3 is 201 Å². The van der Waals surface area contributed by atoms with Gasteiger partial charge in [-0.2, -0.15) is 0 Å². The molecular weight excluding hydrogens is 543 g/mol. The van der Waals surface area contributed by atoms with Crippen molar-refractivity contribution in [2.45, 2.75) is 125 Å². The van der Waals surface area contributed by atoms with Crippen LogP contribution in [0.5, 0.6) is 0 Å². The summed E-state index contributed by atoms with van der Waals surface area (Å²) in [5, 5.41) is 0. The van der Waals surface area contributed by atoms with E-state index >= 15 is 0 Å². The van der Waals surface area contributed by atoms with Crippen molar-refractivity contribution in [3.63, 3.8) is 0 Å². The molecule has 0 aliphatic carbocycles. The van der Waals surface area contributed by atoms with Crippen molar-refractivity contribution in [2.75, 3.05) is 9.43 Å². The summed E-state index contributed by atoms with van der Waals surface area (Å²) in [5.41, 5.74) is 5.75. The number of benzene rings is 1. The van der Waals surface area contributed by atoms with Gasteiger partial charge in [-0.3, -0.25) is 0 Å². The predicted octanol–water partition coefficient (Wildman–Crippen LogP) is 9.55. The molecule has 1 rings (SSSR count). The molecule has 0 saturated carbocycles. The molecule has 0 spiro atoms. The van der Waals surface area contributed by atoms with E-state index in [0.717, 1.165) is 6.54 Å². The Morgan fingerprint density at radius 3 is 1.84 bits per heavy atom. The molecule has 0 saturated heterocycles. The summed E-state index contributed by atoms with van der Waals surface area (Å²) in [6.07, 6.45) is 7.95. The van der Waals surface area contributed by atoms with Gasteiger partial charge in [0.1, 0.15) is 0 Å². The molecule has 0 aliphatic heterocycles. The zero-order valence-corrected chi connectivity index (χ0v) is 26.3. The molecule has 0 amide bonds. The van der Waals surface area contributed by atoms with Gasteiger partial charge in [-0.05, 0) is 0 Å². The topological polar surface area (TPSA) is 15.6 Å². The second-order valence-electron chi connectivity index (χ2n) is 11.4. The Kier molecular flexibility index (Phi) is 11.7. The van der Waals surface area contributed by atoms with E-state index in [-0.39, 0.29) is 5.54 Å². The fourth-order valence-corrected chi connectivity index (χ4v) is 14.7. The van der Waals surface area contributed by atoms with Crippen molar-refractivity contribution < 1.29 is 20.3 Å². The third-order valence-electron chi connectivity index (χ3n) is 6.54. The number of aliphatic imine (C=N–C) groups is 1. The summed E-state index contributed by atoms with van der Waals surface area (Å²) in [6, 6.07) is 6.98. The minimum atomic E-state index is -2.70. The molecule has 1 aromatic rings. The van der Waals surface area contributed by atoms with Gasteiger partial charge < -0.3 is 0 Å². The van der Waals surface area contributed by atoms with Crippen LogP contribution in [0.15, 0.2) is 23.2 Å². The number of hydrogen-bond donors (Lipinski definition) is 0. The summed E-state index contributed by atoms with van der Waals surface area (Å²) in [5.74, 6) is 1.03. The molecule has 3 heteroatoms. The van der Waals surface area contributed by atoms with Crippen LogP contribution in [-0.4, -0.2) is 17.8 Å². The summed E-state index contributed by atoms with van der Waals surface area (Å²) < 4.78 is 10.6. The molecule has 0 unspecified atom stereocenters. The normalized spacial score (nSPS) is 13.4. The van der Waals surface area contributed by atoms with Crippen molar-refractivity contribution in [3.05, 3.63) is 29.3 Å². The van der Waals surface area contributed by atoms with Gasteiger partial charge in [0.05, 0.1) is 0 Å². The van der Waals surface area contributed by atoms with Crippen LogP contribution < -0.4 is 2.89 Å². The Labute approximate surface area is 200 Å². The van der Waals surface area contributed by atoms with E-state index < -0.39 is 20.3 Å². The Morgan fingerprint density at radius 1 is 0.903 bits per heavy atom. The quantitative estimate of drug-likeness (QED) is 0.126. The first-order chi connectivity index (χ1) is 14.4. The molecule has 0 fully saturated rings. The molecule has 178 valence electrons. The Balaban J connectivity index is 3.30. The fourth-order valence-electron chi connectivity index (χ4n) is 4.72. The molecule has 0 heterocycles. The first-order valence-corrected chi connectivity index (χ1v) is 25.2. The first-order valence-electron chi connectivity index (χ1n) is 12.8. The second-order valence-corrected chi connectivity index (χ2v) is 28.6. The summed E-state index contributed by atoms with van der Waals surface area (Å²) in [6.45, 7) is 19.7. The predicted molar refractivity (Wildman–Crippen MR) is 140 cm³/mol. The average Bonchev–Trinajstić information content (AvgIpc) is 2.65. The molecule has 0 aliphatic rings. The number of nitrogens with zero attached hydrogens (tertiary/aromatic N) is 2. The summed E-state index contributed by atoms with van der Waals surface area (Å²) in [4.78, 5) is 5.13. The van der Waals surface area contributed by atoms with Crippen LogP contribution in [0.25, 0.3) is 0 Å². The molecule has 0 N–H and O–H groups in total. The van der Waals surface area contributed by atoms with Gasteiger partial charge in [0.25, 0.3) is 0 Å². The molecule has 2 nitrogen and oxygen atoms in total. The number of anilines is 1. The van der Waals surface area contributed by atoms with Gasteiger partial charge in [0, 0.05) is 0 Å². The molecular formula is C28H52HfN2. The minimum absolute atomic E-state index is 0.0589. The number of hydrogen-bond acceptors (Lipinski definition) is 2. The first kappa shape index (κ1) is 28.6. The van der Waals surface area contributed by atoms with E-state index in [1.54, 1.807) is 0 Å². The Hall–Kier alpha value is -0.440. The van der Waals surface area contributed by atoms with E-state index in [4.69, 9.17) is 4.99 Å². The summed E-state index contributed by atoms with van der Waals surface area (Å²) >= 11 is -2.70. The van der Waals surface area contributed by atoms with Crippen LogP contribution in [0, 0.1) is 0 Å². The van der Waals surface area contributed by atoms with Crippen molar-refractivity contribution in [1.82, 2.24) is 0 Å². The SMILES string of the molecule is CCCCCCCCN=C(C)C(C)(C)[N](c1c(C(C)C)cccc1C(C)C)[Hf]([CH3])([CH3])[CH3]. The van der Waals surface area contributed by atoms with Gasteiger partial charge in [0.2, 0.25) is 0 Å². The van der Waals surface area contributed by atoms with E-state index in [1.165, 1.54) is 61.1 Å². The Bertz CT molecular complexity index is 669. The second kappa shape index (κ2) is 12.7. The van der Waals surface area contributed by atoms with Crippen LogP contribution >= 0.6 is 0 Å². The van der Waals surface area contributed by atoms with Crippen LogP contribution in [0.3, 0.4) is 0 Å². The standard InChI is InChI=1S/C25H43N2.3CH3.Hf/c1-9-10-11-12-13-14-18-26-21(6)25(7,8)27-24-22(19(2)3)16-15-17-23(24)20(4)5;;;;/h15-17,19-20H,9-14,18H2,1-8H3;3*1H3;/q-1;;;;+1. The number of unbranched alkanes of at least 4 members (excludes halogenated alkanes) is 5. The van der Waals surface area contributed by atoms with Gasteiger partial charge in [-0.25, -0.2) is 0 Å². The monoisotopic (exact) mass is 596 g/mol. The molecule has 0 radical (unpaired) electrons. The van der Waals surface area contributed by atoms with Crippen LogP contribution in [0.4, 0.5) is 5.69 Å². The molecule has 0 aromatic heterocycles. The van der Waals surface area contributed by atoms with Crippen molar-refractivity contribution in [3.8, 4) is 0 Å². The molecule has 0 atom stereocenters. The van der Waals surface area contributed by atoms with Gasteiger partial charge in [-0.1, -0.05) is 0 Å². The van der Waals surface area contributed by atoms with Gasteiger partial charge in [-0.15, -0.1) is 0 Å². The number of rotatable bonds is 13. The zero-order valence-electron chi connectivity index (χ0n) is 22.7. The average molecular weight is 595 g/mol. The van der Waals surface area contributed by atoms with Crippen molar-refractivity contribution >= 4 is 11.4 Å². The van der Waals surface area contributed by atoms with E-state index in [0.29, 0.717) is 11.8 Å². The maximum absolute atomic E-state index is 5.13. The van der Waals surface area contributed by atoms with Crippen LogP contribution in [0.1, 0.15) is 117 Å². The van der Waals surface area contributed by atoms with E-state index in [9.17, 15) is 0 Å². The van der Waals surface area contributed by atoms with Crippen molar-refractivity contribution in [2.24, 2.45) is 4.99 Å². The van der Waals surface area contributed by atoms with Crippen molar-refractivity contribution in [1.29, 1.82) is 0 Å². The van der Waals surface area contributed by atoms with E-state index in [2.05, 4.69) is 90.5 Å². The van der Waals surface area contributed by atoms with E-state index in [1.807, 2.05) is 0 Å². The van der Waals surface area contributed by atoms with Crippen LogP contribution in [-0.2, 0) is 20.3 Å². The fraction of sp³-hybridized carbons (Fsp3) is 0.750. The molecule has 1 aromatic carbocycles. The Morgan fingerprint density at radius 2 is 1.39 bits per heavy atom. The molecule has 0 bridgehead atoms. The summed E-state index contributed by atoms with van der Waals surface area (Å²) in [7, 11) is 0. The van der Waals surface area contributed by atoms with Crippen LogP contribution in [0.2, 0.25) is 14.0 Å².